The normalized spacial score (nSPS) is 16.9. The van der Waals surface area contributed by atoms with Crippen molar-refractivity contribution in [2.45, 2.75) is 12.5 Å². The van der Waals surface area contributed by atoms with Crippen LogP contribution in [0.15, 0.2) is 59.5 Å². The Bertz CT molecular complexity index is 878. The van der Waals surface area contributed by atoms with Gasteiger partial charge in [-0.2, -0.15) is 0 Å². The monoisotopic (exact) mass is 384 g/mol. The predicted octanol–water partition coefficient (Wildman–Crippen LogP) is 1.95. The van der Waals surface area contributed by atoms with Crippen LogP contribution in [0.3, 0.4) is 0 Å². The fraction of sp³-hybridized carbons (Fsp3) is 0.105. The largest absolute Gasteiger partial charge is 0.548 e. The molecular weight excluding hydrogens is 370 g/mol. The molecule has 1 heterocycles. The summed E-state index contributed by atoms with van der Waals surface area (Å²) in [7, 11) is 0. The molecule has 1 aliphatic rings. The SMILES string of the molecule is O=C([O-])[C@H](Cc1ccccc1)N1C(=O)/C(=C/c2ccc(O)cc2)SC1=S. The number of hydrogen-bond donors (Lipinski definition) is 1. The van der Waals surface area contributed by atoms with E-state index in [4.69, 9.17) is 12.2 Å². The van der Waals surface area contributed by atoms with Crippen molar-refractivity contribution in [2.75, 3.05) is 0 Å². The summed E-state index contributed by atoms with van der Waals surface area (Å²) in [5.74, 6) is -1.69. The number of carboxylic acids is 1. The quantitative estimate of drug-likeness (QED) is 0.627. The van der Waals surface area contributed by atoms with Crippen molar-refractivity contribution in [3.63, 3.8) is 0 Å². The van der Waals surface area contributed by atoms with E-state index in [1.54, 1.807) is 42.5 Å². The first-order valence-corrected chi connectivity index (χ1v) is 8.99. The maximum atomic E-state index is 12.7. The van der Waals surface area contributed by atoms with E-state index >= 15 is 0 Å². The van der Waals surface area contributed by atoms with Crippen LogP contribution in [0.25, 0.3) is 6.08 Å². The highest BCUT2D eigenvalue weighted by molar-refractivity contribution is 8.26. The lowest BCUT2D eigenvalue weighted by Gasteiger charge is -2.27. The molecule has 1 amide bonds. The van der Waals surface area contributed by atoms with Crippen LogP contribution in [-0.2, 0) is 16.0 Å². The number of carbonyl (C=O) groups is 2. The summed E-state index contributed by atoms with van der Waals surface area (Å²) in [4.78, 5) is 25.8. The summed E-state index contributed by atoms with van der Waals surface area (Å²) in [5.41, 5.74) is 1.48. The molecule has 1 aliphatic heterocycles. The van der Waals surface area contributed by atoms with Gasteiger partial charge in [0, 0.05) is 0 Å². The average Bonchev–Trinajstić information content (AvgIpc) is 2.89. The number of benzene rings is 2. The third-order valence-corrected chi connectivity index (χ3v) is 5.20. The van der Waals surface area contributed by atoms with Gasteiger partial charge in [-0.3, -0.25) is 9.69 Å². The zero-order chi connectivity index (χ0) is 18.7. The second kappa shape index (κ2) is 7.72. The van der Waals surface area contributed by atoms with Crippen molar-refractivity contribution < 1.29 is 19.8 Å². The topological polar surface area (TPSA) is 80.7 Å². The molecule has 2 aromatic rings. The van der Waals surface area contributed by atoms with E-state index in [-0.39, 0.29) is 16.5 Å². The molecule has 1 fully saturated rings. The van der Waals surface area contributed by atoms with Crippen LogP contribution in [0.4, 0.5) is 0 Å². The molecule has 0 radical (unpaired) electrons. The minimum absolute atomic E-state index is 0.113. The number of aromatic hydroxyl groups is 1. The number of hydrogen-bond acceptors (Lipinski definition) is 6. The van der Waals surface area contributed by atoms with Crippen molar-refractivity contribution in [1.29, 1.82) is 0 Å². The number of carbonyl (C=O) groups excluding carboxylic acids is 2. The lowest BCUT2D eigenvalue weighted by Crippen LogP contribution is -2.51. The van der Waals surface area contributed by atoms with Crippen molar-refractivity contribution >= 4 is 46.3 Å². The predicted molar refractivity (Wildman–Crippen MR) is 102 cm³/mol. The van der Waals surface area contributed by atoms with Gasteiger partial charge in [-0.15, -0.1) is 0 Å². The summed E-state index contributed by atoms with van der Waals surface area (Å²) in [6, 6.07) is 14.2. The molecule has 7 heteroatoms. The van der Waals surface area contributed by atoms with E-state index in [0.717, 1.165) is 22.2 Å². The number of phenolic OH excluding ortho intramolecular Hbond substituents is 1. The van der Waals surface area contributed by atoms with Crippen LogP contribution in [0.2, 0.25) is 0 Å². The molecule has 0 aliphatic carbocycles. The van der Waals surface area contributed by atoms with E-state index in [1.165, 1.54) is 12.1 Å². The summed E-state index contributed by atoms with van der Waals surface area (Å²) >= 11 is 6.29. The molecule has 0 aromatic heterocycles. The number of amides is 1. The Morgan fingerprint density at radius 3 is 2.46 bits per heavy atom. The summed E-state index contributed by atoms with van der Waals surface area (Å²) in [5, 5.41) is 21.0. The molecule has 2 aromatic carbocycles. The minimum atomic E-state index is -1.35. The number of phenols is 1. The van der Waals surface area contributed by atoms with Crippen LogP contribution < -0.4 is 5.11 Å². The van der Waals surface area contributed by atoms with Crippen LogP contribution in [0, 0.1) is 0 Å². The number of rotatable bonds is 5. The molecule has 1 saturated heterocycles. The average molecular weight is 384 g/mol. The number of thiocarbonyl (C=S) groups is 1. The smallest absolute Gasteiger partial charge is 0.266 e. The minimum Gasteiger partial charge on any atom is -0.548 e. The fourth-order valence-electron chi connectivity index (χ4n) is 2.59. The zero-order valence-corrected chi connectivity index (χ0v) is 15.1. The molecule has 26 heavy (non-hydrogen) atoms. The number of nitrogens with zero attached hydrogens (tertiary/aromatic N) is 1. The van der Waals surface area contributed by atoms with Crippen molar-refractivity contribution in [1.82, 2.24) is 4.90 Å². The summed E-state index contributed by atoms with van der Waals surface area (Å²) in [6.45, 7) is 0. The van der Waals surface area contributed by atoms with E-state index in [0.29, 0.717) is 10.5 Å². The highest BCUT2D eigenvalue weighted by Gasteiger charge is 2.37. The maximum Gasteiger partial charge on any atom is 0.266 e. The van der Waals surface area contributed by atoms with Crippen molar-refractivity contribution in [2.24, 2.45) is 0 Å². The Kier molecular flexibility index (Phi) is 5.39. The van der Waals surface area contributed by atoms with Crippen molar-refractivity contribution in [3.8, 4) is 5.75 Å². The first kappa shape index (κ1) is 18.2. The van der Waals surface area contributed by atoms with Gasteiger partial charge in [0.1, 0.15) is 10.1 Å². The molecule has 1 N–H and O–H groups in total. The molecule has 0 bridgehead atoms. The highest BCUT2D eigenvalue weighted by atomic mass is 32.2. The molecule has 3 rings (SSSR count). The third-order valence-electron chi connectivity index (χ3n) is 3.87. The number of thioether (sulfide) groups is 1. The maximum absolute atomic E-state index is 12.7. The van der Waals surface area contributed by atoms with Gasteiger partial charge >= 0.3 is 0 Å². The van der Waals surface area contributed by atoms with Crippen LogP contribution in [0.5, 0.6) is 5.75 Å². The van der Waals surface area contributed by atoms with E-state index in [9.17, 15) is 19.8 Å². The Balaban J connectivity index is 1.86. The second-order valence-electron chi connectivity index (χ2n) is 5.67. The van der Waals surface area contributed by atoms with Gasteiger partial charge in [0.2, 0.25) is 0 Å². The van der Waals surface area contributed by atoms with E-state index in [1.807, 2.05) is 6.07 Å². The van der Waals surface area contributed by atoms with Crippen LogP contribution in [-0.4, -0.2) is 32.2 Å². The Labute approximate surface area is 160 Å². The number of carboxylic acid groups (broad SMARTS) is 1. The Morgan fingerprint density at radius 1 is 1.19 bits per heavy atom. The van der Waals surface area contributed by atoms with E-state index < -0.39 is 17.9 Å². The number of aliphatic carboxylic acids is 1. The van der Waals surface area contributed by atoms with Gasteiger partial charge in [-0.05, 0) is 35.8 Å². The first-order valence-electron chi connectivity index (χ1n) is 7.76. The van der Waals surface area contributed by atoms with E-state index in [2.05, 4.69) is 0 Å². The third kappa shape index (κ3) is 3.95. The molecule has 0 saturated carbocycles. The molecule has 0 unspecified atom stereocenters. The molecule has 132 valence electrons. The lowest BCUT2D eigenvalue weighted by molar-refractivity contribution is -0.310. The van der Waals surface area contributed by atoms with Gasteiger partial charge in [-0.25, -0.2) is 0 Å². The van der Waals surface area contributed by atoms with Gasteiger partial charge < -0.3 is 15.0 Å². The molecule has 1 atom stereocenters. The summed E-state index contributed by atoms with van der Waals surface area (Å²) in [6.07, 6.45) is 1.73. The Hall–Kier alpha value is -2.64. The first-order chi connectivity index (χ1) is 12.5. The summed E-state index contributed by atoms with van der Waals surface area (Å²) < 4.78 is 0.185. The van der Waals surface area contributed by atoms with Gasteiger partial charge in [-0.1, -0.05) is 66.4 Å². The molecule has 5 nitrogen and oxygen atoms in total. The second-order valence-corrected chi connectivity index (χ2v) is 7.34. The van der Waals surface area contributed by atoms with Gasteiger partial charge in [0.15, 0.2) is 0 Å². The Morgan fingerprint density at radius 2 is 1.85 bits per heavy atom. The van der Waals surface area contributed by atoms with Gasteiger partial charge in [0.05, 0.1) is 16.9 Å². The molecular formula is C19H14NO4S2-. The van der Waals surface area contributed by atoms with Crippen LogP contribution >= 0.6 is 24.0 Å². The lowest BCUT2D eigenvalue weighted by atomic mass is 10.0. The van der Waals surface area contributed by atoms with Gasteiger partial charge in [0.25, 0.3) is 5.91 Å². The fourth-order valence-corrected chi connectivity index (χ4v) is 3.94. The van der Waals surface area contributed by atoms with Crippen LogP contribution in [0.1, 0.15) is 11.1 Å². The standard InChI is InChI=1S/C19H15NO4S2/c21-14-8-6-13(7-9-14)11-16-17(22)20(19(25)26-16)15(18(23)24)10-12-4-2-1-3-5-12/h1-9,11,15,21H,10H2,(H,23,24)/p-1/b16-11-/t15-/m0/s1. The molecule has 0 spiro atoms. The van der Waals surface area contributed by atoms with Crippen molar-refractivity contribution in [3.05, 3.63) is 70.6 Å². The highest BCUT2D eigenvalue weighted by Crippen LogP contribution is 2.34. The zero-order valence-electron chi connectivity index (χ0n) is 13.5.